The number of primary amides is 1. The lowest BCUT2D eigenvalue weighted by molar-refractivity contribution is -0.118. The van der Waals surface area contributed by atoms with E-state index in [1.807, 2.05) is 0 Å². The van der Waals surface area contributed by atoms with E-state index in [2.05, 4.69) is 5.32 Å². The Kier molecular flexibility index (Phi) is 4.60. The van der Waals surface area contributed by atoms with Gasteiger partial charge in [-0.15, -0.1) is 0 Å². The highest BCUT2D eigenvalue weighted by Crippen LogP contribution is 2.24. The van der Waals surface area contributed by atoms with Crippen molar-refractivity contribution in [2.75, 3.05) is 6.54 Å². The lowest BCUT2D eigenvalue weighted by Crippen LogP contribution is -2.18. The number of carbonyl (C=O) groups is 1. The van der Waals surface area contributed by atoms with E-state index in [0.717, 1.165) is 5.56 Å². The van der Waals surface area contributed by atoms with Gasteiger partial charge in [0.2, 0.25) is 5.91 Å². The fraction of sp³-hybridized carbons (Fsp3) is 0.364. The van der Waals surface area contributed by atoms with Gasteiger partial charge in [-0.3, -0.25) is 4.79 Å². The molecular formula is C11H16N2O3. The first kappa shape index (κ1) is 12.3. The van der Waals surface area contributed by atoms with Gasteiger partial charge in [0.05, 0.1) is 0 Å². The number of rotatable bonds is 6. The molecule has 0 unspecified atom stereocenters. The van der Waals surface area contributed by atoms with Gasteiger partial charge in [-0.05, 0) is 30.7 Å². The quantitative estimate of drug-likeness (QED) is 0.417. The highest BCUT2D eigenvalue weighted by atomic mass is 16.3. The highest BCUT2D eigenvalue weighted by Gasteiger charge is 2.00. The summed E-state index contributed by atoms with van der Waals surface area (Å²) in [5.41, 5.74) is 5.86. The van der Waals surface area contributed by atoms with Crippen LogP contribution in [0.25, 0.3) is 0 Å². The zero-order valence-electron chi connectivity index (χ0n) is 8.94. The molecule has 0 spiro atoms. The molecule has 1 rings (SSSR count). The van der Waals surface area contributed by atoms with Crippen LogP contribution in [0.3, 0.4) is 0 Å². The minimum atomic E-state index is -0.302. The van der Waals surface area contributed by atoms with Crippen LogP contribution in [0.1, 0.15) is 18.4 Å². The standard InChI is InChI=1S/C11H16N2O3/c12-11(16)2-1-5-13-7-8-3-4-9(14)10(15)6-8/h3-4,6,13-15H,1-2,5,7H2,(H2,12,16). The average molecular weight is 224 g/mol. The van der Waals surface area contributed by atoms with Gasteiger partial charge in [0.25, 0.3) is 0 Å². The topological polar surface area (TPSA) is 95.6 Å². The number of hydrogen-bond donors (Lipinski definition) is 4. The maximum atomic E-state index is 10.4. The summed E-state index contributed by atoms with van der Waals surface area (Å²) in [5.74, 6) is -0.557. The van der Waals surface area contributed by atoms with Gasteiger partial charge in [-0.1, -0.05) is 6.07 Å². The molecule has 0 saturated heterocycles. The minimum absolute atomic E-state index is 0.127. The summed E-state index contributed by atoms with van der Waals surface area (Å²) >= 11 is 0. The van der Waals surface area contributed by atoms with Crippen LogP contribution < -0.4 is 11.1 Å². The molecule has 0 saturated carbocycles. The molecular weight excluding hydrogens is 208 g/mol. The lowest BCUT2D eigenvalue weighted by Gasteiger charge is -2.05. The van der Waals surface area contributed by atoms with E-state index >= 15 is 0 Å². The molecule has 88 valence electrons. The number of nitrogens with two attached hydrogens (primary N) is 1. The summed E-state index contributed by atoms with van der Waals surface area (Å²) in [4.78, 5) is 10.4. The summed E-state index contributed by atoms with van der Waals surface area (Å²) in [6.07, 6.45) is 1.06. The van der Waals surface area contributed by atoms with Crippen LogP contribution in [-0.2, 0) is 11.3 Å². The van der Waals surface area contributed by atoms with Crippen molar-refractivity contribution in [3.05, 3.63) is 23.8 Å². The van der Waals surface area contributed by atoms with E-state index in [0.29, 0.717) is 25.9 Å². The van der Waals surface area contributed by atoms with Gasteiger partial charge in [-0.2, -0.15) is 0 Å². The molecule has 1 aromatic carbocycles. The van der Waals surface area contributed by atoms with Crippen molar-refractivity contribution in [1.29, 1.82) is 0 Å². The van der Waals surface area contributed by atoms with Gasteiger partial charge < -0.3 is 21.3 Å². The third-order valence-corrected chi connectivity index (χ3v) is 2.15. The van der Waals surface area contributed by atoms with Crippen molar-refractivity contribution in [2.24, 2.45) is 5.73 Å². The monoisotopic (exact) mass is 224 g/mol. The summed E-state index contributed by atoms with van der Waals surface area (Å²) in [5, 5.41) is 21.4. The maximum absolute atomic E-state index is 10.4. The smallest absolute Gasteiger partial charge is 0.217 e. The number of phenolic OH excluding ortho intramolecular Hbond substituents is 2. The first-order valence-electron chi connectivity index (χ1n) is 5.09. The van der Waals surface area contributed by atoms with Crippen molar-refractivity contribution >= 4 is 5.91 Å². The predicted octanol–water partition coefficient (Wildman–Crippen LogP) is 0.453. The number of benzene rings is 1. The van der Waals surface area contributed by atoms with Crippen molar-refractivity contribution in [3.63, 3.8) is 0 Å². The first-order valence-corrected chi connectivity index (χ1v) is 5.09. The minimum Gasteiger partial charge on any atom is -0.504 e. The van der Waals surface area contributed by atoms with E-state index in [9.17, 15) is 9.90 Å². The van der Waals surface area contributed by atoms with Gasteiger partial charge >= 0.3 is 0 Å². The summed E-state index contributed by atoms with van der Waals surface area (Å²) in [6, 6.07) is 4.66. The molecule has 5 nitrogen and oxygen atoms in total. The normalized spacial score (nSPS) is 10.2. The number of nitrogens with one attached hydrogen (secondary N) is 1. The zero-order valence-corrected chi connectivity index (χ0v) is 8.94. The Morgan fingerprint density at radius 1 is 1.31 bits per heavy atom. The largest absolute Gasteiger partial charge is 0.504 e. The number of phenols is 2. The molecule has 5 N–H and O–H groups in total. The number of hydrogen-bond acceptors (Lipinski definition) is 4. The second-order valence-corrected chi connectivity index (χ2v) is 3.57. The zero-order chi connectivity index (χ0) is 12.0. The van der Waals surface area contributed by atoms with Crippen LogP contribution in [0.2, 0.25) is 0 Å². The van der Waals surface area contributed by atoms with E-state index < -0.39 is 0 Å². The molecule has 0 aliphatic heterocycles. The molecule has 16 heavy (non-hydrogen) atoms. The molecule has 1 amide bonds. The van der Waals surface area contributed by atoms with Crippen LogP contribution in [-0.4, -0.2) is 22.7 Å². The number of carbonyl (C=O) groups excluding carboxylic acids is 1. The van der Waals surface area contributed by atoms with Crippen LogP contribution in [0.15, 0.2) is 18.2 Å². The maximum Gasteiger partial charge on any atom is 0.217 e. The van der Waals surface area contributed by atoms with E-state index in [-0.39, 0.29) is 17.4 Å². The average Bonchev–Trinajstić information content (AvgIpc) is 2.22. The Morgan fingerprint density at radius 2 is 2.06 bits per heavy atom. The second-order valence-electron chi connectivity index (χ2n) is 3.57. The van der Waals surface area contributed by atoms with E-state index in [4.69, 9.17) is 10.8 Å². The highest BCUT2D eigenvalue weighted by molar-refractivity contribution is 5.73. The second kappa shape index (κ2) is 5.97. The van der Waals surface area contributed by atoms with Crippen molar-refractivity contribution in [2.45, 2.75) is 19.4 Å². The van der Waals surface area contributed by atoms with Gasteiger partial charge in [0.1, 0.15) is 0 Å². The molecule has 0 atom stereocenters. The Balaban J connectivity index is 2.27. The van der Waals surface area contributed by atoms with Crippen molar-refractivity contribution in [3.8, 4) is 11.5 Å². The Bertz CT molecular complexity index is 366. The first-order chi connectivity index (χ1) is 7.59. The Hall–Kier alpha value is -1.75. The fourth-order valence-electron chi connectivity index (χ4n) is 1.30. The lowest BCUT2D eigenvalue weighted by atomic mass is 10.2. The van der Waals surface area contributed by atoms with Crippen LogP contribution >= 0.6 is 0 Å². The van der Waals surface area contributed by atoms with Crippen LogP contribution in [0.5, 0.6) is 11.5 Å². The predicted molar refractivity (Wildman–Crippen MR) is 59.9 cm³/mol. The number of amides is 1. The van der Waals surface area contributed by atoms with Gasteiger partial charge in [0, 0.05) is 13.0 Å². The molecule has 0 aliphatic carbocycles. The molecule has 0 bridgehead atoms. The molecule has 0 radical (unpaired) electrons. The summed E-state index contributed by atoms with van der Waals surface area (Å²) < 4.78 is 0. The summed E-state index contributed by atoms with van der Waals surface area (Å²) in [7, 11) is 0. The third-order valence-electron chi connectivity index (χ3n) is 2.15. The van der Waals surface area contributed by atoms with E-state index in [1.54, 1.807) is 6.07 Å². The van der Waals surface area contributed by atoms with Crippen LogP contribution in [0.4, 0.5) is 0 Å². The van der Waals surface area contributed by atoms with Gasteiger partial charge in [0.15, 0.2) is 11.5 Å². The van der Waals surface area contributed by atoms with Gasteiger partial charge in [-0.25, -0.2) is 0 Å². The van der Waals surface area contributed by atoms with Crippen molar-refractivity contribution in [1.82, 2.24) is 5.32 Å². The molecule has 1 aromatic rings. The summed E-state index contributed by atoms with van der Waals surface area (Å²) in [6.45, 7) is 1.26. The molecule has 0 heterocycles. The van der Waals surface area contributed by atoms with Crippen molar-refractivity contribution < 1.29 is 15.0 Å². The molecule has 5 heteroatoms. The molecule has 0 aliphatic rings. The SMILES string of the molecule is NC(=O)CCCNCc1ccc(O)c(O)c1. The Labute approximate surface area is 93.9 Å². The van der Waals surface area contributed by atoms with E-state index in [1.165, 1.54) is 12.1 Å². The number of aromatic hydroxyl groups is 2. The molecule has 0 fully saturated rings. The Morgan fingerprint density at radius 3 is 2.69 bits per heavy atom. The third kappa shape index (κ3) is 4.18. The molecule has 0 aromatic heterocycles. The van der Waals surface area contributed by atoms with Crippen LogP contribution in [0, 0.1) is 0 Å². The fourth-order valence-corrected chi connectivity index (χ4v) is 1.30.